The molecule has 0 saturated heterocycles. The first-order chi connectivity index (χ1) is 12.6. The second-order valence-electron chi connectivity index (χ2n) is 6.07. The Labute approximate surface area is 152 Å². The van der Waals surface area contributed by atoms with Crippen LogP contribution in [0.25, 0.3) is 11.4 Å². The van der Waals surface area contributed by atoms with Gasteiger partial charge < -0.3 is 9.64 Å². The molecule has 7 heteroatoms. The molecule has 1 amide bonds. The number of para-hydroxylation sites is 1. The molecule has 7 nitrogen and oxygen atoms in total. The van der Waals surface area contributed by atoms with Crippen molar-refractivity contribution in [2.24, 2.45) is 0 Å². The van der Waals surface area contributed by atoms with E-state index in [0.717, 1.165) is 22.4 Å². The number of tetrazole rings is 1. The van der Waals surface area contributed by atoms with Crippen LogP contribution in [-0.2, 0) is 17.9 Å². The number of aryl methyl sites for hydroxylation is 1. The number of hydrogen-bond acceptors (Lipinski definition) is 5. The molecular formula is C19H21N5O2. The zero-order chi connectivity index (χ0) is 18.5. The maximum atomic E-state index is 12.5. The summed E-state index contributed by atoms with van der Waals surface area (Å²) >= 11 is 0. The highest BCUT2D eigenvalue weighted by Gasteiger charge is 2.14. The summed E-state index contributed by atoms with van der Waals surface area (Å²) in [5.74, 6) is 1.15. The first-order valence-electron chi connectivity index (χ1n) is 8.27. The number of amides is 1. The summed E-state index contributed by atoms with van der Waals surface area (Å²) in [5.41, 5.74) is 2.98. The van der Waals surface area contributed by atoms with Crippen LogP contribution in [0.5, 0.6) is 5.75 Å². The van der Waals surface area contributed by atoms with Gasteiger partial charge >= 0.3 is 0 Å². The average Bonchev–Trinajstić information content (AvgIpc) is 3.11. The van der Waals surface area contributed by atoms with Crippen LogP contribution in [0.15, 0.2) is 48.5 Å². The van der Waals surface area contributed by atoms with Crippen LogP contribution in [-0.4, -0.2) is 45.2 Å². The fourth-order valence-corrected chi connectivity index (χ4v) is 2.55. The smallest absolute Gasteiger partial charge is 0.246 e. The number of methoxy groups -OCH3 is 1. The Kier molecular flexibility index (Phi) is 5.26. The molecule has 2 aromatic carbocycles. The number of ether oxygens (including phenoxy) is 1. The van der Waals surface area contributed by atoms with Gasteiger partial charge in [0, 0.05) is 24.7 Å². The van der Waals surface area contributed by atoms with Gasteiger partial charge in [0.05, 0.1) is 7.11 Å². The largest absolute Gasteiger partial charge is 0.496 e. The summed E-state index contributed by atoms with van der Waals surface area (Å²) in [7, 11) is 3.36. The van der Waals surface area contributed by atoms with Gasteiger partial charge in [-0.15, -0.1) is 10.2 Å². The molecule has 0 aliphatic heterocycles. The normalized spacial score (nSPS) is 10.6. The van der Waals surface area contributed by atoms with Crippen molar-refractivity contribution >= 4 is 5.91 Å². The van der Waals surface area contributed by atoms with E-state index in [1.807, 2.05) is 55.5 Å². The number of carbonyl (C=O) groups excluding carboxylic acids is 1. The summed E-state index contributed by atoms with van der Waals surface area (Å²) in [5, 5.41) is 12.3. The topological polar surface area (TPSA) is 73.1 Å². The molecule has 3 aromatic rings. The molecule has 0 atom stereocenters. The molecule has 0 N–H and O–H groups in total. The number of nitrogens with zero attached hydrogens (tertiary/aromatic N) is 5. The van der Waals surface area contributed by atoms with E-state index in [1.54, 1.807) is 19.1 Å². The Bertz CT molecular complexity index is 889. The van der Waals surface area contributed by atoms with Crippen LogP contribution >= 0.6 is 0 Å². The third-order valence-electron chi connectivity index (χ3n) is 4.07. The molecular weight excluding hydrogens is 330 g/mol. The number of benzene rings is 2. The van der Waals surface area contributed by atoms with Crippen LogP contribution in [0.1, 0.15) is 11.1 Å². The van der Waals surface area contributed by atoms with Crippen molar-refractivity contribution in [3.05, 3.63) is 59.7 Å². The average molecular weight is 351 g/mol. The molecule has 0 spiro atoms. The first kappa shape index (κ1) is 17.6. The second-order valence-corrected chi connectivity index (χ2v) is 6.07. The lowest BCUT2D eigenvalue weighted by Gasteiger charge is -2.18. The van der Waals surface area contributed by atoms with E-state index in [-0.39, 0.29) is 12.5 Å². The Morgan fingerprint density at radius 1 is 1.15 bits per heavy atom. The quantitative estimate of drug-likeness (QED) is 0.681. The molecule has 3 rings (SSSR count). The van der Waals surface area contributed by atoms with Crippen molar-refractivity contribution in [1.82, 2.24) is 25.1 Å². The van der Waals surface area contributed by atoms with Gasteiger partial charge in [0.1, 0.15) is 12.3 Å². The first-order valence-corrected chi connectivity index (χ1v) is 8.27. The summed E-state index contributed by atoms with van der Waals surface area (Å²) in [6.07, 6.45) is 0. The van der Waals surface area contributed by atoms with E-state index in [4.69, 9.17) is 4.74 Å². The fourth-order valence-electron chi connectivity index (χ4n) is 2.55. The van der Waals surface area contributed by atoms with E-state index < -0.39 is 0 Å². The predicted octanol–water partition coefficient (Wildman–Crippen LogP) is 2.32. The Morgan fingerprint density at radius 3 is 2.62 bits per heavy atom. The van der Waals surface area contributed by atoms with Crippen LogP contribution in [0.3, 0.4) is 0 Å². The van der Waals surface area contributed by atoms with Gasteiger partial charge in [-0.3, -0.25) is 4.79 Å². The van der Waals surface area contributed by atoms with Crippen molar-refractivity contribution in [3.8, 4) is 17.1 Å². The fraction of sp³-hybridized carbons (Fsp3) is 0.263. The Hall–Kier alpha value is -3.22. The van der Waals surface area contributed by atoms with Crippen LogP contribution in [0.2, 0.25) is 0 Å². The van der Waals surface area contributed by atoms with Crippen molar-refractivity contribution in [2.45, 2.75) is 20.0 Å². The van der Waals surface area contributed by atoms with Gasteiger partial charge in [-0.1, -0.05) is 48.0 Å². The van der Waals surface area contributed by atoms with Gasteiger partial charge in [-0.25, -0.2) is 0 Å². The molecule has 0 saturated carbocycles. The highest BCUT2D eigenvalue weighted by atomic mass is 16.5. The zero-order valence-corrected chi connectivity index (χ0v) is 15.1. The highest BCUT2D eigenvalue weighted by Crippen LogP contribution is 2.19. The van der Waals surface area contributed by atoms with E-state index in [0.29, 0.717) is 12.4 Å². The molecule has 0 aliphatic rings. The number of hydrogen-bond donors (Lipinski definition) is 0. The number of rotatable bonds is 6. The van der Waals surface area contributed by atoms with Gasteiger partial charge in [0.25, 0.3) is 0 Å². The maximum Gasteiger partial charge on any atom is 0.246 e. The van der Waals surface area contributed by atoms with Gasteiger partial charge in [-0.2, -0.15) is 4.80 Å². The number of likely N-dealkylation sites (N-methyl/N-ethyl adjacent to an activating group) is 1. The van der Waals surface area contributed by atoms with E-state index in [1.165, 1.54) is 4.80 Å². The van der Waals surface area contributed by atoms with Gasteiger partial charge in [-0.05, 0) is 18.2 Å². The minimum absolute atomic E-state index is 0.0323. The molecule has 1 heterocycles. The highest BCUT2D eigenvalue weighted by molar-refractivity contribution is 5.75. The molecule has 0 bridgehead atoms. The SMILES string of the molecule is COc1ccccc1CN(C)C(=O)Cn1nnc(-c2ccc(C)cc2)n1. The van der Waals surface area contributed by atoms with Gasteiger partial charge in [0.15, 0.2) is 0 Å². The van der Waals surface area contributed by atoms with Crippen LogP contribution < -0.4 is 4.74 Å². The molecule has 0 unspecified atom stereocenters. The standard InChI is InChI=1S/C19H21N5O2/c1-14-8-10-15(11-9-14)19-20-22-24(21-19)13-18(25)23(2)12-16-6-4-5-7-17(16)26-3/h4-11H,12-13H2,1-3H3. The maximum absolute atomic E-state index is 12.5. The molecule has 0 aliphatic carbocycles. The molecule has 0 fully saturated rings. The second kappa shape index (κ2) is 7.77. The summed E-state index contributed by atoms with van der Waals surface area (Å²) in [6.45, 7) is 2.50. The van der Waals surface area contributed by atoms with E-state index in [2.05, 4.69) is 15.4 Å². The van der Waals surface area contributed by atoms with Crippen LogP contribution in [0, 0.1) is 6.92 Å². The number of aromatic nitrogens is 4. The predicted molar refractivity (Wildman–Crippen MR) is 97.5 cm³/mol. The monoisotopic (exact) mass is 351 g/mol. The zero-order valence-electron chi connectivity index (χ0n) is 15.1. The van der Waals surface area contributed by atoms with Crippen LogP contribution in [0.4, 0.5) is 0 Å². The minimum atomic E-state index is -0.108. The van der Waals surface area contributed by atoms with E-state index in [9.17, 15) is 4.79 Å². The van der Waals surface area contributed by atoms with Crippen molar-refractivity contribution in [2.75, 3.05) is 14.2 Å². The van der Waals surface area contributed by atoms with Crippen molar-refractivity contribution in [1.29, 1.82) is 0 Å². The van der Waals surface area contributed by atoms with Gasteiger partial charge in [0.2, 0.25) is 11.7 Å². The van der Waals surface area contributed by atoms with Crippen molar-refractivity contribution in [3.63, 3.8) is 0 Å². The van der Waals surface area contributed by atoms with Crippen molar-refractivity contribution < 1.29 is 9.53 Å². The lowest BCUT2D eigenvalue weighted by atomic mass is 10.1. The Balaban J connectivity index is 1.65. The lowest BCUT2D eigenvalue weighted by molar-refractivity contribution is -0.131. The molecule has 1 aromatic heterocycles. The summed E-state index contributed by atoms with van der Waals surface area (Å²) in [6, 6.07) is 15.5. The Morgan fingerprint density at radius 2 is 1.88 bits per heavy atom. The summed E-state index contributed by atoms with van der Waals surface area (Å²) < 4.78 is 5.33. The summed E-state index contributed by atoms with van der Waals surface area (Å²) in [4.78, 5) is 15.4. The lowest BCUT2D eigenvalue weighted by Crippen LogP contribution is -2.30. The molecule has 26 heavy (non-hydrogen) atoms. The molecule has 0 radical (unpaired) electrons. The molecule has 134 valence electrons. The van der Waals surface area contributed by atoms with E-state index >= 15 is 0 Å². The minimum Gasteiger partial charge on any atom is -0.496 e. The third kappa shape index (κ3) is 4.05. The third-order valence-corrected chi connectivity index (χ3v) is 4.07. The number of carbonyl (C=O) groups is 1.